The first-order valence-electron chi connectivity index (χ1n) is 26.4. The third-order valence-corrected chi connectivity index (χ3v) is 13.6. The molecule has 1 fully saturated rings. The summed E-state index contributed by atoms with van der Waals surface area (Å²) >= 11 is 0. The predicted molar refractivity (Wildman–Crippen MR) is 273 cm³/mol. The van der Waals surface area contributed by atoms with Crippen molar-refractivity contribution in [3.05, 3.63) is 84.0 Å². The largest absolute Gasteiger partial charge is 0.459 e. The van der Waals surface area contributed by atoms with Crippen molar-refractivity contribution in [2.24, 2.45) is 22.9 Å². The van der Waals surface area contributed by atoms with E-state index in [0.717, 1.165) is 68.1 Å². The molecule has 0 radical (unpaired) electrons. The van der Waals surface area contributed by atoms with E-state index < -0.39 is 35.5 Å². The van der Waals surface area contributed by atoms with Crippen molar-refractivity contribution in [1.29, 1.82) is 0 Å². The van der Waals surface area contributed by atoms with E-state index in [2.05, 4.69) is 24.9 Å². The summed E-state index contributed by atoms with van der Waals surface area (Å²) in [4.78, 5) is 36.1. The standard InChI is InChI=1S/C56H85N3O11/c1-6-8-9-10-11-12-13-14-15-23-35-66-54(64)59(30-36-65-37-33-62)50-40-48(58-70-55(3,4)5)46-38-43(26-19-21-31-60)45(27-20-22-32-61)51-47-39-44(68-53(63)57-41-42-24-17-16-18-25-42)28-29-49(47)69-56(50,52(46)51)67-34-7-2/h7,16-18,24-25,28-29,38-39,43,45,50-52,60-62H,2,6,8-15,19-23,26-27,30-37,40-41H2,1,3-5H3,(H,57,63)/t43-,45+,50-,51+,52+,56+/m0/s1. The summed E-state index contributed by atoms with van der Waals surface area (Å²) in [7, 11) is 0. The molecule has 2 amide bonds. The molecule has 2 aliphatic carbocycles. The number of carbonyl (C=O) groups is 2. The van der Waals surface area contributed by atoms with E-state index in [1.165, 1.54) is 38.5 Å². The Bertz CT molecular complexity index is 1940. The number of amides is 2. The van der Waals surface area contributed by atoms with Crippen LogP contribution in [0.4, 0.5) is 9.59 Å². The summed E-state index contributed by atoms with van der Waals surface area (Å²) < 4.78 is 32.4. The maximum atomic E-state index is 14.8. The Labute approximate surface area is 418 Å². The number of benzene rings is 2. The zero-order valence-corrected chi connectivity index (χ0v) is 42.8. The number of rotatable bonds is 32. The van der Waals surface area contributed by atoms with Crippen LogP contribution in [0.5, 0.6) is 11.5 Å². The lowest BCUT2D eigenvalue weighted by molar-refractivity contribution is -0.256. The van der Waals surface area contributed by atoms with Crippen molar-refractivity contribution in [3.8, 4) is 11.5 Å². The molecule has 0 saturated heterocycles. The van der Waals surface area contributed by atoms with Crippen LogP contribution in [0.15, 0.2) is 78.0 Å². The zero-order valence-electron chi connectivity index (χ0n) is 42.8. The highest BCUT2D eigenvalue weighted by Crippen LogP contribution is 2.62. The number of aliphatic hydroxyl groups is 3. The number of nitrogens with zero attached hydrogens (tertiary/aromatic N) is 2. The zero-order chi connectivity index (χ0) is 50.2. The van der Waals surface area contributed by atoms with Gasteiger partial charge in [-0.1, -0.05) is 125 Å². The van der Waals surface area contributed by atoms with Gasteiger partial charge in [-0.05, 0) is 94.0 Å². The summed E-state index contributed by atoms with van der Waals surface area (Å²) in [6.07, 6.45) is 18.8. The molecule has 0 bridgehead atoms. The van der Waals surface area contributed by atoms with Gasteiger partial charge in [-0.2, -0.15) is 0 Å². The molecule has 70 heavy (non-hydrogen) atoms. The van der Waals surface area contributed by atoms with Gasteiger partial charge in [0.05, 0.1) is 44.7 Å². The number of allylic oxidation sites excluding steroid dienone is 1. The van der Waals surface area contributed by atoms with Crippen molar-refractivity contribution < 1.29 is 53.4 Å². The molecular weight excluding hydrogens is 891 g/mol. The predicted octanol–water partition coefficient (Wildman–Crippen LogP) is 10.8. The number of nitrogens with one attached hydrogen (secondary N) is 1. The van der Waals surface area contributed by atoms with Crippen molar-refractivity contribution in [3.63, 3.8) is 0 Å². The molecule has 1 heterocycles. The first-order valence-corrected chi connectivity index (χ1v) is 26.4. The van der Waals surface area contributed by atoms with Gasteiger partial charge in [0.1, 0.15) is 23.1 Å². The summed E-state index contributed by atoms with van der Waals surface area (Å²) in [6.45, 7) is 13.0. The van der Waals surface area contributed by atoms with Gasteiger partial charge in [-0.15, -0.1) is 6.58 Å². The Morgan fingerprint density at radius 1 is 0.871 bits per heavy atom. The first-order chi connectivity index (χ1) is 34.0. The monoisotopic (exact) mass is 976 g/mol. The van der Waals surface area contributed by atoms with E-state index in [1.807, 2.05) is 63.2 Å². The van der Waals surface area contributed by atoms with Crippen LogP contribution < -0.4 is 14.8 Å². The van der Waals surface area contributed by atoms with E-state index in [4.69, 9.17) is 33.7 Å². The van der Waals surface area contributed by atoms with Gasteiger partial charge in [0, 0.05) is 44.2 Å². The van der Waals surface area contributed by atoms with Gasteiger partial charge in [0.15, 0.2) is 0 Å². The first kappa shape index (κ1) is 56.4. The Morgan fingerprint density at radius 3 is 2.24 bits per heavy atom. The molecule has 1 saturated carbocycles. The van der Waals surface area contributed by atoms with Crippen molar-refractivity contribution in [2.45, 2.75) is 167 Å². The van der Waals surface area contributed by atoms with Crippen molar-refractivity contribution in [2.75, 3.05) is 52.8 Å². The van der Waals surface area contributed by atoms with Gasteiger partial charge in [0.2, 0.25) is 5.79 Å². The van der Waals surface area contributed by atoms with Crippen LogP contribution in [0.1, 0.15) is 154 Å². The molecule has 14 heteroatoms. The van der Waals surface area contributed by atoms with Gasteiger partial charge in [0.25, 0.3) is 0 Å². The van der Waals surface area contributed by atoms with Crippen LogP contribution in [0.3, 0.4) is 0 Å². The number of unbranched alkanes of at least 4 members (excludes halogenated alkanes) is 11. The molecule has 4 N–H and O–H groups in total. The summed E-state index contributed by atoms with van der Waals surface area (Å²) in [6, 6.07) is 14.2. The van der Waals surface area contributed by atoms with Crippen molar-refractivity contribution in [1.82, 2.24) is 10.2 Å². The van der Waals surface area contributed by atoms with Crippen LogP contribution in [0.2, 0.25) is 0 Å². The average Bonchev–Trinajstić information content (AvgIpc) is 3.35. The second kappa shape index (κ2) is 29.8. The number of ether oxygens (including phenoxy) is 5. The highest BCUT2D eigenvalue weighted by Gasteiger charge is 2.65. The fraction of sp³-hybridized carbons (Fsp3) is 0.661. The van der Waals surface area contributed by atoms with Crippen LogP contribution in [0.25, 0.3) is 0 Å². The highest BCUT2D eigenvalue weighted by molar-refractivity contribution is 6.03. The molecule has 390 valence electrons. The van der Waals surface area contributed by atoms with Crippen LogP contribution >= 0.6 is 0 Å². The second-order valence-corrected chi connectivity index (χ2v) is 20.0. The fourth-order valence-corrected chi connectivity index (χ4v) is 10.4. The van der Waals surface area contributed by atoms with E-state index in [0.29, 0.717) is 36.6 Å². The minimum absolute atomic E-state index is 0.00804. The molecule has 5 rings (SSSR count). The van der Waals surface area contributed by atoms with Gasteiger partial charge in [-0.25, -0.2) is 9.59 Å². The Hall–Kier alpha value is -4.47. The Morgan fingerprint density at radius 2 is 1.57 bits per heavy atom. The number of aliphatic hydroxyl groups excluding tert-OH is 3. The molecule has 3 aliphatic rings. The SMILES string of the molecule is C=CCO[C@@]12Oc3ccc(OC(=O)NCc4ccccc4)cc3[C@H]3[C@H](CCCCO)[C@@H](CCCCO)C=C(C(=NOC(C)(C)C)C[C@@H]1N(CCOCCO)C(=O)OCCCCCCCCCCCC)[C@H]32. The van der Waals surface area contributed by atoms with Gasteiger partial charge >= 0.3 is 12.2 Å². The minimum atomic E-state index is -1.52. The Balaban J connectivity index is 1.60. The molecule has 2 aromatic rings. The summed E-state index contributed by atoms with van der Waals surface area (Å²) in [5, 5.41) is 37.4. The second-order valence-electron chi connectivity index (χ2n) is 20.0. The van der Waals surface area contributed by atoms with Crippen LogP contribution in [-0.4, -0.2) is 108 Å². The smallest absolute Gasteiger partial charge is 0.412 e. The number of hydrogen-bond donors (Lipinski definition) is 4. The normalized spacial score (nSPS) is 22.0. The summed E-state index contributed by atoms with van der Waals surface area (Å²) in [5.74, 6) is -1.60. The average molecular weight is 976 g/mol. The minimum Gasteiger partial charge on any atom is -0.459 e. The lowest BCUT2D eigenvalue weighted by Gasteiger charge is -2.59. The molecule has 14 nitrogen and oxygen atoms in total. The summed E-state index contributed by atoms with van der Waals surface area (Å²) in [5.41, 5.74) is 2.64. The van der Waals surface area contributed by atoms with E-state index in [1.54, 1.807) is 17.0 Å². The number of fused-ring (bicyclic) bond motifs is 2. The van der Waals surface area contributed by atoms with E-state index in [-0.39, 0.29) is 77.0 Å². The molecule has 0 unspecified atom stereocenters. The third-order valence-electron chi connectivity index (χ3n) is 13.6. The fourth-order valence-electron chi connectivity index (χ4n) is 10.4. The van der Waals surface area contributed by atoms with Crippen molar-refractivity contribution >= 4 is 17.9 Å². The Kier molecular flexibility index (Phi) is 24.0. The number of hydrogen-bond acceptors (Lipinski definition) is 12. The van der Waals surface area contributed by atoms with Crippen LogP contribution in [0, 0.1) is 17.8 Å². The van der Waals surface area contributed by atoms with Crippen LogP contribution in [-0.2, 0) is 25.6 Å². The maximum absolute atomic E-state index is 14.8. The molecule has 2 aromatic carbocycles. The van der Waals surface area contributed by atoms with E-state index in [9.17, 15) is 24.9 Å². The maximum Gasteiger partial charge on any atom is 0.412 e. The third kappa shape index (κ3) is 16.5. The number of carbonyl (C=O) groups excluding carboxylic acids is 2. The van der Waals surface area contributed by atoms with Gasteiger partial charge in [-0.3, -0.25) is 4.90 Å². The van der Waals surface area contributed by atoms with E-state index >= 15 is 0 Å². The molecule has 0 aromatic heterocycles. The number of oxime groups is 1. The highest BCUT2D eigenvalue weighted by atomic mass is 16.7. The molecule has 6 atom stereocenters. The quantitative estimate of drug-likeness (QED) is 0.0312. The molecule has 1 aliphatic heterocycles. The topological polar surface area (TPSA) is 178 Å². The van der Waals surface area contributed by atoms with Gasteiger partial charge < -0.3 is 49.2 Å². The molecular formula is C56H85N3O11. The molecule has 0 spiro atoms. The lowest BCUT2D eigenvalue weighted by Crippen LogP contribution is -2.70. The lowest BCUT2D eigenvalue weighted by atomic mass is 9.55.